The monoisotopic (exact) mass is 292 g/mol. The number of hydrogen-bond donors (Lipinski definition) is 1. The van der Waals surface area contributed by atoms with Gasteiger partial charge in [0, 0.05) is 30.9 Å². The first-order valence-corrected chi connectivity index (χ1v) is 7.63. The lowest BCUT2D eigenvalue weighted by molar-refractivity contribution is 0.0954. The van der Waals surface area contributed by atoms with Crippen molar-refractivity contribution in [3.63, 3.8) is 0 Å². The Bertz CT molecular complexity index is 817. The molecule has 0 fully saturated rings. The Balaban J connectivity index is 2.06. The van der Waals surface area contributed by atoms with Gasteiger partial charge in [-0.15, -0.1) is 0 Å². The van der Waals surface area contributed by atoms with Gasteiger partial charge in [0.25, 0.3) is 5.91 Å². The van der Waals surface area contributed by atoms with Gasteiger partial charge in [-0.2, -0.15) is 0 Å². The maximum atomic E-state index is 12.4. The highest BCUT2D eigenvalue weighted by molar-refractivity contribution is 6.01. The summed E-state index contributed by atoms with van der Waals surface area (Å²) in [6, 6.07) is 16.2. The fourth-order valence-electron chi connectivity index (χ4n) is 2.70. The minimum Gasteiger partial charge on any atom is -0.352 e. The summed E-state index contributed by atoms with van der Waals surface area (Å²) < 4.78 is 2.10. The van der Waals surface area contributed by atoms with Crippen LogP contribution in [0.4, 0.5) is 0 Å². The van der Waals surface area contributed by atoms with Crippen LogP contribution in [0.25, 0.3) is 22.0 Å². The van der Waals surface area contributed by atoms with Crippen LogP contribution in [0.15, 0.2) is 54.7 Å². The van der Waals surface area contributed by atoms with Crippen LogP contribution in [0.3, 0.4) is 0 Å². The smallest absolute Gasteiger partial charge is 0.251 e. The zero-order valence-corrected chi connectivity index (χ0v) is 13.0. The number of nitrogens with zero attached hydrogens (tertiary/aromatic N) is 1. The second kappa shape index (κ2) is 6.06. The van der Waals surface area contributed by atoms with E-state index in [1.165, 1.54) is 10.9 Å². The maximum Gasteiger partial charge on any atom is 0.251 e. The van der Waals surface area contributed by atoms with E-state index in [1.54, 1.807) is 0 Å². The molecule has 0 bridgehead atoms. The van der Waals surface area contributed by atoms with Crippen molar-refractivity contribution >= 4 is 16.8 Å². The summed E-state index contributed by atoms with van der Waals surface area (Å²) in [5.41, 5.74) is 3.93. The van der Waals surface area contributed by atoms with Gasteiger partial charge in [0.1, 0.15) is 0 Å². The lowest BCUT2D eigenvalue weighted by atomic mass is 9.98. The highest BCUT2D eigenvalue weighted by atomic mass is 16.1. The molecule has 0 aliphatic carbocycles. The predicted molar refractivity (Wildman–Crippen MR) is 91.0 cm³/mol. The zero-order valence-electron chi connectivity index (χ0n) is 13.0. The lowest BCUT2D eigenvalue weighted by Gasteiger charge is -2.10. The number of hydrogen-bond acceptors (Lipinski definition) is 1. The molecule has 1 amide bonds. The van der Waals surface area contributed by atoms with E-state index >= 15 is 0 Å². The van der Waals surface area contributed by atoms with E-state index < -0.39 is 0 Å². The Kier molecular flexibility index (Phi) is 3.96. The van der Waals surface area contributed by atoms with Gasteiger partial charge < -0.3 is 9.88 Å². The van der Waals surface area contributed by atoms with Gasteiger partial charge in [0.15, 0.2) is 0 Å². The van der Waals surface area contributed by atoms with E-state index in [9.17, 15) is 4.79 Å². The molecular weight excluding hydrogens is 272 g/mol. The fraction of sp³-hybridized carbons (Fsp3) is 0.211. The lowest BCUT2D eigenvalue weighted by Crippen LogP contribution is -2.24. The first-order chi connectivity index (χ1) is 10.7. The second-order valence-corrected chi connectivity index (χ2v) is 5.50. The molecule has 2 aromatic carbocycles. The third-order valence-corrected chi connectivity index (χ3v) is 3.91. The summed E-state index contributed by atoms with van der Waals surface area (Å²) in [6.45, 7) is 2.75. The number of amides is 1. The summed E-state index contributed by atoms with van der Waals surface area (Å²) in [4.78, 5) is 12.4. The predicted octanol–water partition coefficient (Wildman–Crippen LogP) is 3.99. The van der Waals surface area contributed by atoms with Crippen molar-refractivity contribution in [2.75, 3.05) is 6.54 Å². The molecule has 3 aromatic rings. The van der Waals surface area contributed by atoms with E-state index in [1.807, 2.05) is 37.5 Å². The second-order valence-electron chi connectivity index (χ2n) is 5.50. The van der Waals surface area contributed by atoms with Gasteiger partial charge in [-0.1, -0.05) is 37.3 Å². The molecule has 0 radical (unpaired) electrons. The standard InChI is InChI=1S/C19H20N2O/c1-3-11-20-19(22)17-7-5-4-6-16(17)15-9-8-14-10-12-21(2)18(14)13-15/h4-10,12-13H,3,11H2,1-2H3,(H,20,22). The molecule has 1 N–H and O–H groups in total. The number of fused-ring (bicyclic) bond motifs is 1. The van der Waals surface area contributed by atoms with Crippen molar-refractivity contribution in [3.05, 3.63) is 60.3 Å². The number of aromatic nitrogens is 1. The third-order valence-electron chi connectivity index (χ3n) is 3.91. The third kappa shape index (κ3) is 2.62. The summed E-state index contributed by atoms with van der Waals surface area (Å²) in [7, 11) is 2.03. The number of aryl methyl sites for hydroxylation is 1. The largest absolute Gasteiger partial charge is 0.352 e. The molecule has 3 rings (SSSR count). The SMILES string of the molecule is CCCNC(=O)c1ccccc1-c1ccc2ccn(C)c2c1. The molecular formula is C19H20N2O. The normalized spacial score (nSPS) is 10.8. The summed E-state index contributed by atoms with van der Waals surface area (Å²) in [5, 5.41) is 4.17. The first-order valence-electron chi connectivity index (χ1n) is 7.63. The number of nitrogens with one attached hydrogen (secondary N) is 1. The minimum absolute atomic E-state index is 0.00979. The van der Waals surface area contributed by atoms with Crippen molar-refractivity contribution in [2.45, 2.75) is 13.3 Å². The summed E-state index contributed by atoms with van der Waals surface area (Å²) in [6.07, 6.45) is 2.98. The number of carbonyl (C=O) groups is 1. The van der Waals surface area contributed by atoms with Gasteiger partial charge in [0.05, 0.1) is 0 Å². The molecule has 112 valence electrons. The number of benzene rings is 2. The van der Waals surface area contributed by atoms with Crippen LogP contribution in [0.1, 0.15) is 23.7 Å². The van der Waals surface area contributed by atoms with Gasteiger partial charge in [-0.25, -0.2) is 0 Å². The molecule has 0 saturated carbocycles. The summed E-state index contributed by atoms with van der Waals surface area (Å²) in [5.74, 6) is -0.00979. The van der Waals surface area contributed by atoms with E-state index in [0.29, 0.717) is 6.54 Å². The Labute approximate surface area is 130 Å². The molecule has 0 aliphatic rings. The number of rotatable bonds is 4. The average Bonchev–Trinajstić information content (AvgIpc) is 2.93. The molecule has 1 aromatic heterocycles. The Morgan fingerprint density at radius 1 is 1.14 bits per heavy atom. The van der Waals surface area contributed by atoms with Crippen molar-refractivity contribution in [1.29, 1.82) is 0 Å². The van der Waals surface area contributed by atoms with E-state index in [-0.39, 0.29) is 5.91 Å². The van der Waals surface area contributed by atoms with Gasteiger partial charge in [-0.3, -0.25) is 4.79 Å². The number of carbonyl (C=O) groups excluding carboxylic acids is 1. The van der Waals surface area contributed by atoms with Crippen LogP contribution in [-0.2, 0) is 7.05 Å². The highest BCUT2D eigenvalue weighted by Gasteiger charge is 2.12. The molecule has 3 nitrogen and oxygen atoms in total. The van der Waals surface area contributed by atoms with Crippen molar-refractivity contribution in [3.8, 4) is 11.1 Å². The average molecular weight is 292 g/mol. The van der Waals surface area contributed by atoms with Crippen LogP contribution in [0.5, 0.6) is 0 Å². The molecule has 0 spiro atoms. The van der Waals surface area contributed by atoms with Crippen LogP contribution in [0.2, 0.25) is 0 Å². The summed E-state index contributed by atoms with van der Waals surface area (Å²) >= 11 is 0. The maximum absolute atomic E-state index is 12.4. The van der Waals surface area contributed by atoms with Crippen LogP contribution < -0.4 is 5.32 Å². The Morgan fingerprint density at radius 2 is 1.95 bits per heavy atom. The van der Waals surface area contributed by atoms with E-state index in [4.69, 9.17) is 0 Å². The van der Waals surface area contributed by atoms with Crippen molar-refractivity contribution < 1.29 is 4.79 Å². The van der Waals surface area contributed by atoms with Gasteiger partial charge >= 0.3 is 0 Å². The molecule has 0 unspecified atom stereocenters. The van der Waals surface area contributed by atoms with E-state index in [2.05, 4.69) is 41.1 Å². The minimum atomic E-state index is -0.00979. The topological polar surface area (TPSA) is 34.0 Å². The molecule has 1 heterocycles. The Morgan fingerprint density at radius 3 is 2.77 bits per heavy atom. The van der Waals surface area contributed by atoms with Crippen LogP contribution in [-0.4, -0.2) is 17.0 Å². The fourth-order valence-corrected chi connectivity index (χ4v) is 2.70. The van der Waals surface area contributed by atoms with Gasteiger partial charge in [-0.05, 0) is 41.1 Å². The molecule has 0 saturated heterocycles. The van der Waals surface area contributed by atoms with Crippen LogP contribution >= 0.6 is 0 Å². The van der Waals surface area contributed by atoms with E-state index in [0.717, 1.165) is 23.1 Å². The molecule has 22 heavy (non-hydrogen) atoms. The molecule has 0 atom stereocenters. The molecule has 3 heteroatoms. The van der Waals surface area contributed by atoms with Gasteiger partial charge in [0.2, 0.25) is 0 Å². The first kappa shape index (κ1) is 14.4. The van der Waals surface area contributed by atoms with Crippen LogP contribution in [0, 0.1) is 0 Å². The van der Waals surface area contributed by atoms with Crippen molar-refractivity contribution in [1.82, 2.24) is 9.88 Å². The highest BCUT2D eigenvalue weighted by Crippen LogP contribution is 2.27. The quantitative estimate of drug-likeness (QED) is 0.775. The molecule has 0 aliphatic heterocycles. The zero-order chi connectivity index (χ0) is 15.5. The van der Waals surface area contributed by atoms with Crippen molar-refractivity contribution in [2.24, 2.45) is 7.05 Å². The Hall–Kier alpha value is -2.55.